The fourth-order valence-electron chi connectivity index (χ4n) is 1.79. The van der Waals surface area contributed by atoms with E-state index in [1.165, 1.54) is 36.8 Å². The lowest BCUT2D eigenvalue weighted by atomic mass is 10.1. The fourth-order valence-corrected chi connectivity index (χ4v) is 1.79. The summed E-state index contributed by atoms with van der Waals surface area (Å²) in [5.74, 6) is 0. The Morgan fingerprint density at radius 2 is 1.64 bits per heavy atom. The first-order valence-corrected chi connectivity index (χ1v) is 7.98. The van der Waals surface area contributed by atoms with Crippen LogP contribution in [0.3, 0.4) is 0 Å². The zero-order valence-electron chi connectivity index (χ0n) is 13.9. The molecule has 0 fully saturated rings. The lowest BCUT2D eigenvalue weighted by Crippen LogP contribution is -2.18. The predicted octanol–water partition coefficient (Wildman–Crippen LogP) is 3.88. The van der Waals surface area contributed by atoms with Crippen molar-refractivity contribution >= 4 is 12.1 Å². The topological polar surface area (TPSA) is 78.3 Å². The van der Waals surface area contributed by atoms with Gasteiger partial charge in [-0.1, -0.05) is 63.1 Å². The summed E-state index contributed by atoms with van der Waals surface area (Å²) < 4.78 is 5.31. The second-order valence-corrected chi connectivity index (χ2v) is 5.03. The average Bonchev–Trinajstić information content (AvgIpc) is 2.96. The highest BCUT2D eigenvalue weighted by Crippen LogP contribution is 2.17. The molecule has 0 unspecified atom stereocenters. The van der Waals surface area contributed by atoms with Gasteiger partial charge in [-0.05, 0) is 30.4 Å². The van der Waals surface area contributed by atoms with Crippen molar-refractivity contribution in [3.63, 3.8) is 0 Å². The van der Waals surface area contributed by atoms with Crippen LogP contribution < -0.4 is 11.5 Å². The molecule has 2 rings (SSSR count). The van der Waals surface area contributed by atoms with Gasteiger partial charge in [0.15, 0.2) is 0 Å². The smallest absolute Gasteiger partial charge is 0.309 e. The summed E-state index contributed by atoms with van der Waals surface area (Å²) in [4.78, 5) is 9.00. The van der Waals surface area contributed by atoms with Crippen molar-refractivity contribution in [3.8, 4) is 0 Å². The molecule has 0 radical (unpaired) electrons. The summed E-state index contributed by atoms with van der Waals surface area (Å²) in [7, 11) is 0. The molecule has 2 amide bonds. The number of primary amides is 2. The van der Waals surface area contributed by atoms with Gasteiger partial charge < -0.3 is 16.2 Å². The normalized spacial score (nSPS) is 10.8. The lowest BCUT2D eigenvalue weighted by Gasteiger charge is -1.99. The van der Waals surface area contributed by atoms with E-state index >= 15 is 0 Å². The van der Waals surface area contributed by atoms with Crippen LogP contribution in [0.5, 0.6) is 0 Å². The summed E-state index contributed by atoms with van der Waals surface area (Å²) in [5, 5.41) is 0. The number of hydrogen-bond donors (Lipinski definition) is 2. The van der Waals surface area contributed by atoms with E-state index in [1.807, 2.05) is 0 Å². The molecule has 4 heteroatoms. The summed E-state index contributed by atoms with van der Waals surface area (Å²) >= 11 is 0. The monoisotopic (exact) mass is 306 g/mol. The van der Waals surface area contributed by atoms with Gasteiger partial charge in [-0.2, -0.15) is 0 Å². The Bertz CT molecular complexity index is 421. The predicted molar refractivity (Wildman–Crippen MR) is 93.6 cm³/mol. The molecular formula is C18H30N2O2. The molecule has 22 heavy (non-hydrogen) atoms. The second kappa shape index (κ2) is 14.1. The first-order chi connectivity index (χ1) is 10.6. The van der Waals surface area contributed by atoms with E-state index in [4.69, 9.17) is 9.53 Å². The Labute approximate surface area is 134 Å². The van der Waals surface area contributed by atoms with Gasteiger partial charge in [0.25, 0.3) is 0 Å². The number of amides is 2. The molecule has 0 aromatic heterocycles. The lowest BCUT2D eigenvalue weighted by molar-refractivity contribution is 0.128. The summed E-state index contributed by atoms with van der Waals surface area (Å²) in [6.07, 6.45) is 10.4. The molecule has 0 atom stereocenters. The number of fused-ring (bicyclic) bond motifs is 1. The highest BCUT2D eigenvalue weighted by molar-refractivity contribution is 5.69. The van der Waals surface area contributed by atoms with Crippen LogP contribution >= 0.6 is 0 Å². The van der Waals surface area contributed by atoms with Gasteiger partial charge in [0.05, 0.1) is 0 Å². The Balaban J connectivity index is 0.000000326. The van der Waals surface area contributed by atoms with Crippen LogP contribution in [0.15, 0.2) is 30.3 Å². The minimum Gasteiger partial charge on any atom is -0.381 e. The molecule has 0 spiro atoms. The number of nitrogens with two attached hydrogens (primary N) is 2. The largest absolute Gasteiger partial charge is 0.381 e. The first-order valence-electron chi connectivity index (χ1n) is 7.98. The SMILES string of the molecule is C1=Cc2ccccc2C1.CCCCOCCCC.NC(N)=O. The van der Waals surface area contributed by atoms with E-state index < -0.39 is 6.03 Å². The summed E-state index contributed by atoms with van der Waals surface area (Å²) in [6, 6.07) is 7.66. The Morgan fingerprint density at radius 3 is 2.14 bits per heavy atom. The Kier molecular flexibility index (Phi) is 13.0. The second-order valence-electron chi connectivity index (χ2n) is 5.03. The van der Waals surface area contributed by atoms with Crippen molar-refractivity contribution in [3.05, 3.63) is 41.5 Å². The van der Waals surface area contributed by atoms with Crippen LogP contribution in [0.4, 0.5) is 4.79 Å². The fraction of sp³-hybridized carbons (Fsp3) is 0.500. The molecule has 0 saturated heterocycles. The van der Waals surface area contributed by atoms with Crippen molar-refractivity contribution in [2.45, 2.75) is 46.0 Å². The highest BCUT2D eigenvalue weighted by atomic mass is 16.5. The molecule has 1 aliphatic carbocycles. The highest BCUT2D eigenvalue weighted by Gasteiger charge is 2.00. The Morgan fingerprint density at radius 1 is 1.09 bits per heavy atom. The summed E-state index contributed by atoms with van der Waals surface area (Å²) in [5.41, 5.74) is 11.3. The van der Waals surface area contributed by atoms with E-state index in [2.05, 4.69) is 61.7 Å². The van der Waals surface area contributed by atoms with Gasteiger partial charge in [-0.15, -0.1) is 0 Å². The molecule has 4 N–H and O–H groups in total. The molecule has 0 heterocycles. The third-order valence-electron chi connectivity index (χ3n) is 2.97. The van der Waals surface area contributed by atoms with Crippen molar-refractivity contribution in [2.75, 3.05) is 13.2 Å². The number of benzene rings is 1. The molecule has 1 aliphatic rings. The van der Waals surface area contributed by atoms with Crippen LogP contribution in [0.1, 0.15) is 50.7 Å². The molecule has 124 valence electrons. The Hall–Kier alpha value is -1.81. The third kappa shape index (κ3) is 12.0. The molecule has 1 aromatic rings. The van der Waals surface area contributed by atoms with E-state index in [9.17, 15) is 0 Å². The van der Waals surface area contributed by atoms with Crippen molar-refractivity contribution in [2.24, 2.45) is 11.5 Å². The summed E-state index contributed by atoms with van der Waals surface area (Å²) in [6.45, 7) is 6.28. The van der Waals surface area contributed by atoms with Crippen molar-refractivity contribution < 1.29 is 9.53 Å². The molecule has 1 aromatic carbocycles. The maximum atomic E-state index is 9.00. The van der Waals surface area contributed by atoms with Crippen molar-refractivity contribution in [1.82, 2.24) is 0 Å². The maximum absolute atomic E-state index is 9.00. The standard InChI is InChI=1S/C9H8.C8H18O.CH4N2O/c1-2-5-9-7-3-6-8(9)4-1;1-3-5-7-9-8-6-4-2;2-1(3)4/h1-6H,7H2;3-8H2,1-2H3;(H4,2,3,4). The number of urea groups is 1. The van der Waals surface area contributed by atoms with E-state index in [0.29, 0.717) is 0 Å². The molecule has 4 nitrogen and oxygen atoms in total. The first kappa shape index (κ1) is 20.2. The quantitative estimate of drug-likeness (QED) is 0.782. The van der Waals surface area contributed by atoms with Crippen LogP contribution in [0.2, 0.25) is 0 Å². The molecular weight excluding hydrogens is 276 g/mol. The number of hydrogen-bond acceptors (Lipinski definition) is 2. The molecule has 0 saturated carbocycles. The van der Waals surface area contributed by atoms with Gasteiger partial charge in [0.2, 0.25) is 0 Å². The maximum Gasteiger partial charge on any atom is 0.309 e. The zero-order valence-corrected chi connectivity index (χ0v) is 13.9. The number of carbonyl (C=O) groups excluding carboxylic acids is 1. The van der Waals surface area contributed by atoms with E-state index in [0.717, 1.165) is 19.6 Å². The van der Waals surface area contributed by atoms with Gasteiger partial charge in [0, 0.05) is 13.2 Å². The van der Waals surface area contributed by atoms with Gasteiger partial charge in [0.1, 0.15) is 0 Å². The van der Waals surface area contributed by atoms with Crippen LogP contribution in [0.25, 0.3) is 6.08 Å². The zero-order chi connectivity index (χ0) is 16.6. The van der Waals surface area contributed by atoms with E-state index in [1.54, 1.807) is 0 Å². The minimum atomic E-state index is -0.833. The minimum absolute atomic E-state index is 0.833. The number of carbonyl (C=O) groups is 1. The number of unbranched alkanes of at least 4 members (excludes halogenated alkanes) is 2. The van der Waals surface area contributed by atoms with Crippen LogP contribution in [0, 0.1) is 0 Å². The van der Waals surface area contributed by atoms with Crippen LogP contribution in [-0.4, -0.2) is 19.2 Å². The molecule has 0 aliphatic heterocycles. The number of rotatable bonds is 6. The van der Waals surface area contributed by atoms with Crippen molar-refractivity contribution in [1.29, 1.82) is 0 Å². The van der Waals surface area contributed by atoms with E-state index in [-0.39, 0.29) is 0 Å². The number of allylic oxidation sites excluding steroid dienone is 1. The molecule has 0 bridgehead atoms. The average molecular weight is 306 g/mol. The number of ether oxygens (including phenoxy) is 1. The van der Waals surface area contributed by atoms with Gasteiger partial charge in [-0.25, -0.2) is 4.79 Å². The van der Waals surface area contributed by atoms with Gasteiger partial charge in [-0.3, -0.25) is 0 Å². The van der Waals surface area contributed by atoms with Crippen LogP contribution in [-0.2, 0) is 11.2 Å². The third-order valence-corrected chi connectivity index (χ3v) is 2.97. The van der Waals surface area contributed by atoms with Gasteiger partial charge >= 0.3 is 6.03 Å².